The first-order chi connectivity index (χ1) is 6.27. The van der Waals surface area contributed by atoms with Crippen LogP contribution in [0.3, 0.4) is 0 Å². The Balaban J connectivity index is 2.79. The van der Waals surface area contributed by atoms with Gasteiger partial charge in [0.15, 0.2) is 0 Å². The molecular formula is C11H18N2. The molecule has 0 unspecified atom stereocenters. The Kier molecular flexibility index (Phi) is 3.74. The zero-order valence-electron chi connectivity index (χ0n) is 8.72. The molecule has 1 N–H and O–H groups in total. The van der Waals surface area contributed by atoms with Crippen molar-refractivity contribution >= 4 is 5.82 Å². The number of aromatic nitrogens is 1. The molecule has 2 heteroatoms. The van der Waals surface area contributed by atoms with Crippen LogP contribution in [-0.4, -0.2) is 12.0 Å². The van der Waals surface area contributed by atoms with E-state index < -0.39 is 0 Å². The van der Waals surface area contributed by atoms with Gasteiger partial charge < -0.3 is 5.32 Å². The molecule has 1 rings (SSSR count). The molecule has 13 heavy (non-hydrogen) atoms. The SMILES string of the molecule is CCCCc1ccc(C)nc1NC. The van der Waals surface area contributed by atoms with Gasteiger partial charge >= 0.3 is 0 Å². The van der Waals surface area contributed by atoms with Crippen molar-refractivity contribution < 1.29 is 0 Å². The molecule has 1 aromatic rings. The lowest BCUT2D eigenvalue weighted by atomic mass is 10.1. The molecule has 0 amide bonds. The third kappa shape index (κ3) is 2.72. The van der Waals surface area contributed by atoms with Crippen molar-refractivity contribution in [1.29, 1.82) is 0 Å². The minimum absolute atomic E-state index is 1.04. The fourth-order valence-electron chi connectivity index (χ4n) is 1.37. The Morgan fingerprint density at radius 1 is 1.38 bits per heavy atom. The molecule has 0 aliphatic heterocycles. The van der Waals surface area contributed by atoms with Crippen LogP contribution in [0, 0.1) is 6.92 Å². The van der Waals surface area contributed by atoms with Crippen molar-refractivity contribution in [2.45, 2.75) is 33.1 Å². The van der Waals surface area contributed by atoms with Crippen LogP contribution in [-0.2, 0) is 6.42 Å². The van der Waals surface area contributed by atoms with E-state index in [1.54, 1.807) is 0 Å². The van der Waals surface area contributed by atoms with E-state index in [4.69, 9.17) is 0 Å². The fraction of sp³-hybridized carbons (Fsp3) is 0.545. The summed E-state index contributed by atoms with van der Waals surface area (Å²) in [5.74, 6) is 1.04. The largest absolute Gasteiger partial charge is 0.373 e. The second-order valence-corrected chi connectivity index (χ2v) is 3.31. The highest BCUT2D eigenvalue weighted by atomic mass is 15.0. The standard InChI is InChI=1S/C11H18N2/c1-4-5-6-10-8-7-9(2)13-11(10)12-3/h7-8H,4-6H2,1-3H3,(H,12,13). The Morgan fingerprint density at radius 2 is 2.15 bits per heavy atom. The summed E-state index contributed by atoms with van der Waals surface area (Å²) in [4.78, 5) is 4.43. The van der Waals surface area contributed by atoms with Gasteiger partial charge in [0.2, 0.25) is 0 Å². The minimum Gasteiger partial charge on any atom is -0.373 e. The van der Waals surface area contributed by atoms with E-state index in [9.17, 15) is 0 Å². The first kappa shape index (κ1) is 10.0. The number of rotatable bonds is 4. The van der Waals surface area contributed by atoms with Crippen molar-refractivity contribution in [3.63, 3.8) is 0 Å². The molecule has 0 fully saturated rings. The molecule has 0 radical (unpaired) electrons. The number of nitrogens with zero attached hydrogens (tertiary/aromatic N) is 1. The fourth-order valence-corrected chi connectivity index (χ4v) is 1.37. The zero-order chi connectivity index (χ0) is 9.68. The number of nitrogens with one attached hydrogen (secondary N) is 1. The molecule has 0 aliphatic carbocycles. The average Bonchev–Trinajstić information content (AvgIpc) is 2.16. The zero-order valence-corrected chi connectivity index (χ0v) is 8.72. The summed E-state index contributed by atoms with van der Waals surface area (Å²) < 4.78 is 0. The van der Waals surface area contributed by atoms with Gasteiger partial charge in [0.05, 0.1) is 0 Å². The van der Waals surface area contributed by atoms with E-state index in [1.807, 2.05) is 14.0 Å². The number of aryl methyl sites for hydroxylation is 2. The van der Waals surface area contributed by atoms with Crippen molar-refractivity contribution in [2.75, 3.05) is 12.4 Å². The number of pyridine rings is 1. The van der Waals surface area contributed by atoms with E-state index in [-0.39, 0.29) is 0 Å². The summed E-state index contributed by atoms with van der Waals surface area (Å²) in [6.07, 6.45) is 3.59. The normalized spacial score (nSPS) is 10.1. The van der Waals surface area contributed by atoms with E-state index >= 15 is 0 Å². The number of anilines is 1. The van der Waals surface area contributed by atoms with Crippen LogP contribution in [0.5, 0.6) is 0 Å². The summed E-state index contributed by atoms with van der Waals surface area (Å²) in [6.45, 7) is 4.23. The summed E-state index contributed by atoms with van der Waals surface area (Å²) in [5.41, 5.74) is 2.40. The van der Waals surface area contributed by atoms with Gasteiger partial charge in [0.1, 0.15) is 5.82 Å². The molecule has 0 bridgehead atoms. The van der Waals surface area contributed by atoms with Crippen LogP contribution < -0.4 is 5.32 Å². The molecule has 0 atom stereocenters. The van der Waals surface area contributed by atoms with E-state index in [0.717, 1.165) is 17.9 Å². The number of hydrogen-bond donors (Lipinski definition) is 1. The van der Waals surface area contributed by atoms with Crippen LogP contribution in [0.4, 0.5) is 5.82 Å². The topological polar surface area (TPSA) is 24.9 Å². The van der Waals surface area contributed by atoms with Gasteiger partial charge in [-0.15, -0.1) is 0 Å². The van der Waals surface area contributed by atoms with Gasteiger partial charge in [0, 0.05) is 12.7 Å². The Labute approximate surface area is 80.4 Å². The van der Waals surface area contributed by atoms with Crippen LogP contribution >= 0.6 is 0 Å². The predicted octanol–water partition coefficient (Wildman–Crippen LogP) is 2.77. The van der Waals surface area contributed by atoms with Gasteiger partial charge in [0.25, 0.3) is 0 Å². The third-order valence-corrected chi connectivity index (χ3v) is 2.15. The van der Waals surface area contributed by atoms with Crippen molar-refractivity contribution in [3.8, 4) is 0 Å². The highest BCUT2D eigenvalue weighted by Gasteiger charge is 2.01. The maximum Gasteiger partial charge on any atom is 0.129 e. The monoisotopic (exact) mass is 178 g/mol. The molecule has 2 nitrogen and oxygen atoms in total. The molecule has 0 aromatic carbocycles. The van der Waals surface area contributed by atoms with E-state index in [0.29, 0.717) is 0 Å². The third-order valence-electron chi connectivity index (χ3n) is 2.15. The summed E-state index contributed by atoms with van der Waals surface area (Å²) in [7, 11) is 1.93. The molecule has 0 aliphatic rings. The van der Waals surface area contributed by atoms with Crippen LogP contribution in [0.25, 0.3) is 0 Å². The first-order valence-electron chi connectivity index (χ1n) is 4.92. The highest BCUT2D eigenvalue weighted by Crippen LogP contribution is 2.15. The molecule has 1 heterocycles. The second kappa shape index (κ2) is 4.85. The van der Waals surface area contributed by atoms with Gasteiger partial charge in [-0.05, 0) is 31.4 Å². The lowest BCUT2D eigenvalue weighted by Gasteiger charge is -2.07. The highest BCUT2D eigenvalue weighted by molar-refractivity contribution is 5.44. The predicted molar refractivity (Wildman–Crippen MR) is 57.1 cm³/mol. The molecule has 0 saturated carbocycles. The first-order valence-corrected chi connectivity index (χ1v) is 4.92. The smallest absolute Gasteiger partial charge is 0.129 e. The minimum atomic E-state index is 1.04. The van der Waals surface area contributed by atoms with Crippen molar-refractivity contribution in [2.24, 2.45) is 0 Å². The molecule has 72 valence electrons. The van der Waals surface area contributed by atoms with Crippen LogP contribution in [0.2, 0.25) is 0 Å². The summed E-state index contributed by atoms with van der Waals surface area (Å²) in [6, 6.07) is 4.25. The van der Waals surface area contributed by atoms with Crippen LogP contribution in [0.1, 0.15) is 31.0 Å². The van der Waals surface area contributed by atoms with Gasteiger partial charge in [-0.3, -0.25) is 0 Å². The number of unbranched alkanes of at least 4 members (excludes halogenated alkanes) is 1. The Morgan fingerprint density at radius 3 is 2.77 bits per heavy atom. The molecule has 1 aromatic heterocycles. The van der Waals surface area contributed by atoms with E-state index in [2.05, 4.69) is 29.4 Å². The maximum absolute atomic E-state index is 4.43. The summed E-state index contributed by atoms with van der Waals surface area (Å²) in [5, 5.41) is 3.13. The maximum atomic E-state index is 4.43. The van der Waals surface area contributed by atoms with Gasteiger partial charge in [-0.25, -0.2) is 4.98 Å². The Hall–Kier alpha value is -1.05. The average molecular weight is 178 g/mol. The van der Waals surface area contributed by atoms with Gasteiger partial charge in [-0.2, -0.15) is 0 Å². The van der Waals surface area contributed by atoms with Crippen LogP contribution in [0.15, 0.2) is 12.1 Å². The Bertz CT molecular complexity index is 269. The molecule has 0 saturated heterocycles. The lowest BCUT2D eigenvalue weighted by Crippen LogP contribution is -1.99. The summed E-state index contributed by atoms with van der Waals surface area (Å²) >= 11 is 0. The number of hydrogen-bond acceptors (Lipinski definition) is 2. The lowest BCUT2D eigenvalue weighted by molar-refractivity contribution is 0.792. The molecule has 0 spiro atoms. The van der Waals surface area contributed by atoms with Crippen molar-refractivity contribution in [1.82, 2.24) is 4.98 Å². The second-order valence-electron chi connectivity index (χ2n) is 3.31. The molecular weight excluding hydrogens is 160 g/mol. The quantitative estimate of drug-likeness (QED) is 0.766. The van der Waals surface area contributed by atoms with Gasteiger partial charge in [-0.1, -0.05) is 19.4 Å². The van der Waals surface area contributed by atoms with E-state index in [1.165, 1.54) is 18.4 Å². The van der Waals surface area contributed by atoms with Crippen molar-refractivity contribution in [3.05, 3.63) is 23.4 Å².